The van der Waals surface area contributed by atoms with E-state index in [4.69, 9.17) is 14.6 Å². The summed E-state index contributed by atoms with van der Waals surface area (Å²) in [5, 5.41) is 11.4. The van der Waals surface area contributed by atoms with Gasteiger partial charge in [-0.1, -0.05) is 95.7 Å². The molecule has 0 aromatic heterocycles. The number of carbonyl (C=O) groups is 4. The molecule has 47 heavy (non-hydrogen) atoms. The Kier molecular flexibility index (Phi) is 22.8. The van der Waals surface area contributed by atoms with Crippen LogP contribution in [0.2, 0.25) is 0 Å². The molecule has 0 saturated carbocycles. The Bertz CT molecular complexity index is 1090. The predicted molar refractivity (Wildman–Crippen MR) is 195 cm³/mol. The van der Waals surface area contributed by atoms with Crippen molar-refractivity contribution >= 4 is 45.4 Å². The molecule has 8 nitrogen and oxygen atoms in total. The molecular weight excluding hydrogens is 635 g/mol. The van der Waals surface area contributed by atoms with Crippen molar-refractivity contribution in [3.05, 3.63) is 60.8 Å². The first-order valence-electron chi connectivity index (χ1n) is 17.0. The van der Waals surface area contributed by atoms with Crippen LogP contribution in [0.15, 0.2) is 60.8 Å². The van der Waals surface area contributed by atoms with Gasteiger partial charge in [0.15, 0.2) is 5.60 Å². The van der Waals surface area contributed by atoms with Crippen LogP contribution in [0.25, 0.3) is 0 Å². The molecule has 1 heterocycles. The van der Waals surface area contributed by atoms with Crippen LogP contribution >= 0.6 is 21.6 Å². The van der Waals surface area contributed by atoms with Gasteiger partial charge in [0.05, 0.1) is 6.42 Å². The van der Waals surface area contributed by atoms with Crippen molar-refractivity contribution in [1.29, 1.82) is 0 Å². The highest BCUT2D eigenvalue weighted by Crippen LogP contribution is 2.49. The van der Waals surface area contributed by atoms with Crippen LogP contribution in [0.4, 0.5) is 0 Å². The summed E-state index contributed by atoms with van der Waals surface area (Å²) in [7, 11) is 3.78. The smallest absolute Gasteiger partial charge is 0.306 e. The molecule has 2 N–H and O–H groups in total. The maximum Gasteiger partial charge on any atom is 0.306 e. The van der Waals surface area contributed by atoms with Crippen molar-refractivity contribution in [3.8, 4) is 0 Å². The first-order valence-corrected chi connectivity index (χ1v) is 19.3. The third kappa shape index (κ3) is 21.7. The summed E-state index contributed by atoms with van der Waals surface area (Å²) in [6.45, 7) is 7.30. The molecule has 1 aliphatic rings. The van der Waals surface area contributed by atoms with Gasteiger partial charge in [0.2, 0.25) is 6.10 Å². The molecule has 2 atom stereocenters. The summed E-state index contributed by atoms with van der Waals surface area (Å²) in [5.74, 6) is -1.67. The zero-order valence-electron chi connectivity index (χ0n) is 28.9. The van der Waals surface area contributed by atoms with Crippen LogP contribution in [0.5, 0.6) is 0 Å². The van der Waals surface area contributed by atoms with Crippen LogP contribution in [0.3, 0.4) is 0 Å². The lowest BCUT2D eigenvalue weighted by Crippen LogP contribution is -2.53. The van der Waals surface area contributed by atoms with E-state index in [0.717, 1.165) is 57.1 Å². The molecule has 0 unspecified atom stereocenters. The number of aliphatic carboxylic acids is 1. The number of carbonyl (C=O) groups excluding carboxylic acids is 3. The first-order chi connectivity index (χ1) is 22.5. The third-order valence-corrected chi connectivity index (χ3v) is 10.7. The van der Waals surface area contributed by atoms with E-state index in [0.29, 0.717) is 19.3 Å². The molecular formula is C37H57NO7S2. The number of rotatable bonds is 25. The molecule has 264 valence electrons. The molecule has 1 saturated heterocycles. The number of carboxylic acid groups (broad SMARTS) is 1. The molecule has 0 bridgehead atoms. The van der Waals surface area contributed by atoms with Crippen molar-refractivity contribution in [1.82, 2.24) is 5.32 Å². The molecule has 0 aromatic carbocycles. The number of hydrogen-bond donors (Lipinski definition) is 2. The van der Waals surface area contributed by atoms with Crippen LogP contribution < -0.4 is 5.32 Å². The van der Waals surface area contributed by atoms with Crippen molar-refractivity contribution in [2.24, 2.45) is 0 Å². The molecule has 1 amide bonds. The van der Waals surface area contributed by atoms with Crippen molar-refractivity contribution in [3.63, 3.8) is 0 Å². The topological polar surface area (TPSA) is 119 Å². The largest absolute Gasteiger partial charge is 0.481 e. The highest BCUT2D eigenvalue weighted by atomic mass is 33.1. The minimum absolute atomic E-state index is 0.131. The van der Waals surface area contributed by atoms with Crippen LogP contribution in [0, 0.1) is 0 Å². The van der Waals surface area contributed by atoms with Crippen LogP contribution in [0.1, 0.15) is 118 Å². The monoisotopic (exact) mass is 691 g/mol. The van der Waals surface area contributed by atoms with E-state index in [-0.39, 0.29) is 30.6 Å². The number of amides is 1. The van der Waals surface area contributed by atoms with Gasteiger partial charge >= 0.3 is 17.9 Å². The molecule has 10 heteroatoms. The molecule has 1 aliphatic heterocycles. The maximum atomic E-state index is 13.0. The van der Waals surface area contributed by atoms with Crippen molar-refractivity contribution < 1.29 is 33.8 Å². The predicted octanol–water partition coefficient (Wildman–Crippen LogP) is 8.84. The summed E-state index contributed by atoms with van der Waals surface area (Å²) in [6, 6.07) is 0. The lowest BCUT2D eigenvalue weighted by atomic mass is 9.99. The van der Waals surface area contributed by atoms with Gasteiger partial charge in [-0.05, 0) is 85.0 Å². The molecule has 0 spiro atoms. The quantitative estimate of drug-likeness (QED) is 0.0419. The van der Waals surface area contributed by atoms with Crippen LogP contribution in [-0.4, -0.2) is 57.7 Å². The van der Waals surface area contributed by atoms with Gasteiger partial charge in [0.25, 0.3) is 5.91 Å². The Balaban J connectivity index is 2.45. The van der Waals surface area contributed by atoms with Crippen molar-refractivity contribution in [2.45, 2.75) is 134 Å². The van der Waals surface area contributed by atoms with Gasteiger partial charge in [-0.2, -0.15) is 0 Å². The van der Waals surface area contributed by atoms with Gasteiger partial charge in [0.1, 0.15) is 0 Å². The lowest BCUT2D eigenvalue weighted by Gasteiger charge is -2.32. The third-order valence-electron chi connectivity index (χ3n) is 7.35. The van der Waals surface area contributed by atoms with E-state index in [1.54, 1.807) is 0 Å². The standard InChI is InChI=1S/C37H57NO7S2/c1-5-6-7-8-9-10-11-12-13-14-15-16-17-18-19-20-21-25-33(42)45-36(2,3)34(35(43)38-29-26-31(39)40)44-32(41)24-22-23-27-37(4)28-30-46-47-37/h6-7,9-10,12-13,15-16,18-19,34H,5,8,11,14,17,20-30H2,1-4H3,(H,38,43)(H,39,40)/t34-,37-/m1/s1. The fourth-order valence-electron chi connectivity index (χ4n) is 4.64. The van der Waals surface area contributed by atoms with Gasteiger partial charge < -0.3 is 19.9 Å². The number of ether oxygens (including phenoxy) is 2. The molecule has 1 fully saturated rings. The highest BCUT2D eigenvalue weighted by Gasteiger charge is 2.42. The first kappa shape index (κ1) is 42.3. The van der Waals surface area contributed by atoms with E-state index in [2.05, 4.69) is 73.8 Å². The second kappa shape index (κ2) is 25.3. The van der Waals surface area contributed by atoms with E-state index in [1.165, 1.54) is 13.8 Å². The normalized spacial score (nSPS) is 17.8. The second-order valence-electron chi connectivity index (χ2n) is 12.3. The molecule has 1 rings (SSSR count). The van der Waals surface area contributed by atoms with Gasteiger partial charge in [0, 0.05) is 29.9 Å². The lowest BCUT2D eigenvalue weighted by molar-refractivity contribution is -0.184. The maximum absolute atomic E-state index is 13.0. The second-order valence-corrected chi connectivity index (χ2v) is 15.3. The molecule has 0 aliphatic carbocycles. The zero-order chi connectivity index (χ0) is 34.8. The number of hydrogen-bond acceptors (Lipinski definition) is 8. The number of carboxylic acids is 1. The van der Waals surface area contributed by atoms with E-state index in [9.17, 15) is 19.2 Å². The average molecular weight is 692 g/mol. The minimum atomic E-state index is -1.44. The van der Waals surface area contributed by atoms with Crippen LogP contribution in [-0.2, 0) is 28.7 Å². The Morgan fingerprint density at radius 2 is 1.40 bits per heavy atom. The van der Waals surface area contributed by atoms with E-state index < -0.39 is 35.5 Å². The van der Waals surface area contributed by atoms with Gasteiger partial charge in [-0.15, -0.1) is 0 Å². The average Bonchev–Trinajstić information content (AvgIpc) is 3.45. The van der Waals surface area contributed by atoms with E-state index in [1.807, 2.05) is 27.7 Å². The number of unbranched alkanes of at least 4 members (excludes halogenated alkanes) is 2. The number of allylic oxidation sites excluding steroid dienone is 10. The summed E-state index contributed by atoms with van der Waals surface area (Å²) >= 11 is 0. The van der Waals surface area contributed by atoms with Gasteiger partial charge in [-0.25, -0.2) is 0 Å². The molecule has 0 aromatic rings. The molecule has 0 radical (unpaired) electrons. The van der Waals surface area contributed by atoms with Gasteiger partial charge in [-0.3, -0.25) is 19.2 Å². The summed E-state index contributed by atoms with van der Waals surface area (Å²) < 4.78 is 11.4. The Labute approximate surface area is 290 Å². The van der Waals surface area contributed by atoms with E-state index >= 15 is 0 Å². The Hall–Kier alpha value is -2.72. The summed E-state index contributed by atoms with van der Waals surface area (Å²) in [5.41, 5.74) is -1.44. The zero-order valence-corrected chi connectivity index (χ0v) is 30.5. The summed E-state index contributed by atoms with van der Waals surface area (Å²) in [6.07, 6.45) is 29.6. The number of esters is 2. The Morgan fingerprint density at radius 3 is 1.96 bits per heavy atom. The highest BCUT2D eigenvalue weighted by molar-refractivity contribution is 8.77. The Morgan fingerprint density at radius 1 is 0.830 bits per heavy atom. The fraction of sp³-hybridized carbons (Fsp3) is 0.622. The van der Waals surface area contributed by atoms with Crippen molar-refractivity contribution in [2.75, 3.05) is 12.3 Å². The SMILES string of the molecule is CCC=CCC=CCC=CCC=CCC=CCCCC(=O)OC(C)(C)[C@H](OC(=O)CCCC[C@]1(C)CCSS1)C(=O)NCCC(=O)O. The summed E-state index contributed by atoms with van der Waals surface area (Å²) in [4.78, 5) is 49.3. The number of nitrogens with one attached hydrogen (secondary N) is 1. The minimum Gasteiger partial charge on any atom is -0.481 e. The fourth-order valence-corrected chi connectivity index (χ4v) is 7.93.